The zero-order chi connectivity index (χ0) is 32.4. The molecule has 7 rings (SSSR count). The van der Waals surface area contributed by atoms with Crippen molar-refractivity contribution in [2.75, 3.05) is 37.7 Å². The summed E-state index contributed by atoms with van der Waals surface area (Å²) in [6, 6.07) is 5.36. The van der Waals surface area contributed by atoms with Gasteiger partial charge in [-0.25, -0.2) is 22.0 Å². The van der Waals surface area contributed by atoms with E-state index >= 15 is 4.39 Å². The number of aliphatic hydroxyl groups is 1. The summed E-state index contributed by atoms with van der Waals surface area (Å²) in [5.74, 6) is -4.75. The summed E-state index contributed by atoms with van der Waals surface area (Å²) in [5.41, 5.74) is -0.461. The number of pyridine rings is 1. The van der Waals surface area contributed by atoms with Gasteiger partial charge in [0.15, 0.2) is 5.82 Å². The van der Waals surface area contributed by atoms with Crippen LogP contribution in [0.4, 0.5) is 27.8 Å². The first-order chi connectivity index (χ1) is 22.0. The van der Waals surface area contributed by atoms with Crippen LogP contribution < -0.4 is 9.64 Å². The number of aromatic hydroxyl groups is 1. The van der Waals surface area contributed by atoms with Crippen molar-refractivity contribution in [3.05, 3.63) is 47.7 Å². The number of aryl methyl sites for hydroxylation is 1. The van der Waals surface area contributed by atoms with Crippen LogP contribution in [0.2, 0.25) is 0 Å². The van der Waals surface area contributed by atoms with E-state index in [0.29, 0.717) is 29.3 Å². The smallest absolute Gasteiger partial charge is 0.319 e. The Hall–Kier alpha value is -3.84. The molecule has 0 aliphatic carbocycles. The van der Waals surface area contributed by atoms with E-state index in [2.05, 4.69) is 19.9 Å². The summed E-state index contributed by atoms with van der Waals surface area (Å²) >= 11 is 0. The highest BCUT2D eigenvalue weighted by Gasteiger charge is 2.49. The van der Waals surface area contributed by atoms with E-state index in [4.69, 9.17) is 4.74 Å². The number of phenolic OH excluding ortho intramolecular Hbond substituents is 1. The van der Waals surface area contributed by atoms with Crippen molar-refractivity contribution < 1.29 is 36.9 Å². The number of benzene rings is 2. The molecular weight excluding hydrogens is 609 g/mol. The van der Waals surface area contributed by atoms with E-state index in [1.807, 2.05) is 0 Å². The maximum absolute atomic E-state index is 16.7. The highest BCUT2D eigenvalue weighted by atomic mass is 19.3. The predicted octanol–water partition coefficient (Wildman–Crippen LogP) is 5.94. The molecule has 4 aromatic rings. The minimum absolute atomic E-state index is 0.00323. The number of phenols is 1. The minimum Gasteiger partial charge on any atom is -0.508 e. The Morgan fingerprint density at radius 1 is 1.09 bits per heavy atom. The van der Waals surface area contributed by atoms with Crippen LogP contribution in [0.5, 0.6) is 11.8 Å². The molecule has 3 aliphatic heterocycles. The number of fused-ring (bicyclic) bond motifs is 3. The van der Waals surface area contributed by atoms with Crippen LogP contribution in [0.1, 0.15) is 44.6 Å². The van der Waals surface area contributed by atoms with Gasteiger partial charge in [-0.3, -0.25) is 9.88 Å². The highest BCUT2D eigenvalue weighted by Crippen LogP contribution is 2.42. The standard InChI is InChI=1S/C33H34F5N5O3/c1-2-21-24(35)5-4-18-12-20(44)13-22(26(18)21)28-27(36)29-23(15-39-28)30(42-10-6-25(45)33(37,38)8-11-42)41-31(40-29)46-17-32-7-3-9-43(32)16-19(34)14-32/h4-5,12-13,15,19,25,44-45H,2-3,6-11,14,16-17H2,1H3/t19-,25?,32+/m1/s1. The summed E-state index contributed by atoms with van der Waals surface area (Å²) in [4.78, 5) is 16.9. The number of ether oxygens (including phenoxy) is 1. The third-order valence-corrected chi connectivity index (χ3v) is 9.81. The summed E-state index contributed by atoms with van der Waals surface area (Å²) in [7, 11) is 0. The lowest BCUT2D eigenvalue weighted by Gasteiger charge is -2.31. The van der Waals surface area contributed by atoms with Gasteiger partial charge in [-0.05, 0) is 66.8 Å². The van der Waals surface area contributed by atoms with Gasteiger partial charge in [-0.15, -0.1) is 0 Å². The first kappa shape index (κ1) is 30.8. The summed E-state index contributed by atoms with van der Waals surface area (Å²) in [6.45, 7) is 2.69. The van der Waals surface area contributed by atoms with Crippen molar-refractivity contribution in [1.29, 1.82) is 0 Å². The van der Waals surface area contributed by atoms with Gasteiger partial charge in [0.2, 0.25) is 0 Å². The molecule has 8 nitrogen and oxygen atoms in total. The first-order valence-corrected chi connectivity index (χ1v) is 15.6. The molecule has 3 aliphatic rings. The molecule has 0 bridgehead atoms. The Morgan fingerprint density at radius 2 is 1.91 bits per heavy atom. The lowest BCUT2D eigenvalue weighted by molar-refractivity contribution is -0.108. The number of hydrogen-bond acceptors (Lipinski definition) is 8. The topological polar surface area (TPSA) is 94.8 Å². The molecule has 3 saturated heterocycles. The molecule has 5 heterocycles. The van der Waals surface area contributed by atoms with Crippen molar-refractivity contribution >= 4 is 27.5 Å². The highest BCUT2D eigenvalue weighted by molar-refractivity contribution is 6.01. The van der Waals surface area contributed by atoms with Gasteiger partial charge >= 0.3 is 6.01 Å². The number of rotatable bonds is 6. The molecule has 13 heteroatoms. The molecule has 3 atom stereocenters. The normalized spacial score (nSPS) is 24.9. The van der Waals surface area contributed by atoms with Crippen LogP contribution in [-0.4, -0.2) is 86.6 Å². The SMILES string of the molecule is CCc1c(F)ccc2cc(O)cc(-c3ncc4c(N5CCC(O)C(F)(F)CC5)nc(OC[C@@]56CCCN5C[C@H](F)C6)nc4c3F)c12. The molecule has 0 saturated carbocycles. The van der Waals surface area contributed by atoms with Gasteiger partial charge in [-0.1, -0.05) is 13.0 Å². The van der Waals surface area contributed by atoms with E-state index < -0.39 is 41.8 Å². The Balaban J connectivity index is 1.37. The third-order valence-electron chi connectivity index (χ3n) is 9.81. The van der Waals surface area contributed by atoms with Crippen LogP contribution in [0.25, 0.3) is 32.9 Å². The predicted molar refractivity (Wildman–Crippen MR) is 162 cm³/mol. The molecule has 2 N–H and O–H groups in total. The Morgan fingerprint density at radius 3 is 2.72 bits per heavy atom. The van der Waals surface area contributed by atoms with E-state index in [-0.39, 0.29) is 72.3 Å². The van der Waals surface area contributed by atoms with E-state index in [9.17, 15) is 27.8 Å². The van der Waals surface area contributed by atoms with Gasteiger partial charge in [0.05, 0.1) is 10.9 Å². The number of anilines is 1. The summed E-state index contributed by atoms with van der Waals surface area (Å²) in [6.07, 6.45) is -0.237. The van der Waals surface area contributed by atoms with Gasteiger partial charge in [0.1, 0.15) is 47.5 Å². The second-order valence-electron chi connectivity index (χ2n) is 12.7. The fraction of sp³-hybridized carbons (Fsp3) is 0.485. The van der Waals surface area contributed by atoms with Crippen molar-refractivity contribution in [2.24, 2.45) is 0 Å². The van der Waals surface area contributed by atoms with E-state index in [0.717, 1.165) is 19.4 Å². The summed E-state index contributed by atoms with van der Waals surface area (Å²) < 4.78 is 81.1. The van der Waals surface area contributed by atoms with Crippen molar-refractivity contribution in [3.8, 4) is 23.0 Å². The molecule has 0 amide bonds. The van der Waals surface area contributed by atoms with Gasteiger partial charge in [-0.2, -0.15) is 9.97 Å². The number of halogens is 5. The fourth-order valence-corrected chi connectivity index (χ4v) is 7.46. The third kappa shape index (κ3) is 5.17. The van der Waals surface area contributed by atoms with Crippen LogP contribution >= 0.6 is 0 Å². The van der Waals surface area contributed by atoms with E-state index in [1.54, 1.807) is 6.92 Å². The molecule has 1 unspecified atom stereocenters. The van der Waals surface area contributed by atoms with Crippen LogP contribution in [0.15, 0.2) is 30.5 Å². The minimum atomic E-state index is -3.31. The first-order valence-electron chi connectivity index (χ1n) is 15.6. The quantitative estimate of drug-likeness (QED) is 0.250. The Bertz CT molecular complexity index is 1830. The number of nitrogens with zero attached hydrogens (tertiary/aromatic N) is 5. The maximum Gasteiger partial charge on any atom is 0.319 e. The number of aromatic nitrogens is 3. The second-order valence-corrected chi connectivity index (χ2v) is 12.7. The molecule has 0 spiro atoms. The molecule has 2 aromatic heterocycles. The van der Waals surface area contributed by atoms with Crippen molar-refractivity contribution in [3.63, 3.8) is 0 Å². The van der Waals surface area contributed by atoms with E-state index in [1.165, 1.54) is 35.4 Å². The van der Waals surface area contributed by atoms with Crippen LogP contribution in [-0.2, 0) is 6.42 Å². The fourth-order valence-electron chi connectivity index (χ4n) is 7.46. The molecular formula is C33H34F5N5O3. The Kier molecular flexibility index (Phi) is 7.66. The summed E-state index contributed by atoms with van der Waals surface area (Å²) in [5, 5.41) is 21.6. The number of aliphatic hydroxyl groups excluding tert-OH is 1. The van der Waals surface area contributed by atoms with Crippen LogP contribution in [0.3, 0.4) is 0 Å². The average Bonchev–Trinajstić information content (AvgIpc) is 3.51. The van der Waals surface area contributed by atoms with Gasteiger partial charge < -0.3 is 19.8 Å². The maximum atomic E-state index is 16.7. The molecule has 0 radical (unpaired) electrons. The zero-order valence-electron chi connectivity index (χ0n) is 25.2. The molecule has 2 aromatic carbocycles. The van der Waals surface area contributed by atoms with Gasteiger partial charge in [0.25, 0.3) is 5.92 Å². The van der Waals surface area contributed by atoms with Gasteiger partial charge in [0, 0.05) is 44.2 Å². The van der Waals surface area contributed by atoms with Crippen LogP contribution in [0, 0.1) is 11.6 Å². The lowest BCUT2D eigenvalue weighted by atomic mass is 9.94. The Labute approximate surface area is 261 Å². The van der Waals surface area contributed by atoms with Crippen molar-refractivity contribution in [2.45, 2.75) is 69.2 Å². The number of alkyl halides is 3. The largest absolute Gasteiger partial charge is 0.508 e. The molecule has 3 fully saturated rings. The molecule has 244 valence electrons. The monoisotopic (exact) mass is 643 g/mol. The average molecular weight is 644 g/mol. The molecule has 46 heavy (non-hydrogen) atoms. The lowest BCUT2D eigenvalue weighted by Crippen LogP contribution is -2.43. The van der Waals surface area contributed by atoms with Crippen molar-refractivity contribution in [1.82, 2.24) is 19.9 Å². The second kappa shape index (κ2) is 11.4. The number of hydrogen-bond donors (Lipinski definition) is 2. The zero-order valence-corrected chi connectivity index (χ0v) is 25.2.